The summed E-state index contributed by atoms with van der Waals surface area (Å²) >= 11 is 0. The number of H-pyrrole nitrogens is 1. The molecule has 0 fully saturated rings. The second-order valence-electron chi connectivity index (χ2n) is 4.14. The number of aromatic amines is 1. The molecule has 0 aliphatic carbocycles. The Morgan fingerprint density at radius 1 is 1.28 bits per heavy atom. The zero-order chi connectivity index (χ0) is 12.8. The van der Waals surface area contributed by atoms with Crippen molar-refractivity contribution in [3.63, 3.8) is 0 Å². The maximum absolute atomic E-state index is 11.6. The van der Waals surface area contributed by atoms with Gasteiger partial charge in [-0.1, -0.05) is 25.1 Å². The summed E-state index contributed by atoms with van der Waals surface area (Å²) in [6.07, 6.45) is 1.65. The standard InChI is InChI=1S/C14H18N2O2/c1-2-12-11-14(17)16(15-12)9-6-10-18-13-7-4-3-5-8-13/h3-5,7-8,11,15H,2,6,9-10H2,1H3. The van der Waals surface area contributed by atoms with Gasteiger partial charge in [0.15, 0.2) is 0 Å². The minimum Gasteiger partial charge on any atom is -0.494 e. The van der Waals surface area contributed by atoms with E-state index in [0.29, 0.717) is 13.2 Å². The number of aryl methyl sites for hydroxylation is 2. The number of rotatable bonds is 6. The van der Waals surface area contributed by atoms with Gasteiger partial charge in [-0.3, -0.25) is 14.6 Å². The van der Waals surface area contributed by atoms with Crippen molar-refractivity contribution in [1.82, 2.24) is 9.78 Å². The molecule has 18 heavy (non-hydrogen) atoms. The van der Waals surface area contributed by atoms with Crippen molar-refractivity contribution in [3.05, 3.63) is 52.4 Å². The van der Waals surface area contributed by atoms with E-state index in [1.807, 2.05) is 37.3 Å². The average molecular weight is 246 g/mol. The number of benzene rings is 1. The van der Waals surface area contributed by atoms with Crippen molar-refractivity contribution in [1.29, 1.82) is 0 Å². The molecule has 0 atom stereocenters. The Hall–Kier alpha value is -1.97. The van der Waals surface area contributed by atoms with Crippen LogP contribution >= 0.6 is 0 Å². The Bertz CT molecular complexity index is 528. The zero-order valence-electron chi connectivity index (χ0n) is 10.6. The van der Waals surface area contributed by atoms with Crippen molar-refractivity contribution in [2.45, 2.75) is 26.3 Å². The van der Waals surface area contributed by atoms with Crippen LogP contribution in [-0.2, 0) is 13.0 Å². The first kappa shape index (κ1) is 12.5. The van der Waals surface area contributed by atoms with Crippen LogP contribution in [0.15, 0.2) is 41.2 Å². The third-order valence-corrected chi connectivity index (χ3v) is 2.76. The van der Waals surface area contributed by atoms with E-state index in [1.54, 1.807) is 10.7 Å². The summed E-state index contributed by atoms with van der Waals surface area (Å²) in [5.74, 6) is 0.866. The molecule has 1 heterocycles. The van der Waals surface area contributed by atoms with Gasteiger partial charge >= 0.3 is 0 Å². The normalized spacial score (nSPS) is 10.5. The molecule has 0 aliphatic heterocycles. The van der Waals surface area contributed by atoms with E-state index in [4.69, 9.17) is 4.74 Å². The van der Waals surface area contributed by atoms with Gasteiger partial charge in [0.2, 0.25) is 0 Å². The monoisotopic (exact) mass is 246 g/mol. The number of nitrogens with zero attached hydrogens (tertiary/aromatic N) is 1. The van der Waals surface area contributed by atoms with Gasteiger partial charge in [0, 0.05) is 24.7 Å². The molecule has 1 aromatic carbocycles. The van der Waals surface area contributed by atoms with E-state index in [1.165, 1.54) is 0 Å². The van der Waals surface area contributed by atoms with E-state index < -0.39 is 0 Å². The zero-order valence-corrected chi connectivity index (χ0v) is 10.6. The first-order valence-electron chi connectivity index (χ1n) is 6.26. The number of para-hydroxylation sites is 1. The van der Waals surface area contributed by atoms with Crippen LogP contribution in [0.2, 0.25) is 0 Å². The van der Waals surface area contributed by atoms with Gasteiger partial charge in [-0.15, -0.1) is 0 Å². The molecule has 0 aliphatic rings. The maximum atomic E-state index is 11.6. The molecule has 0 saturated heterocycles. The molecule has 0 bridgehead atoms. The van der Waals surface area contributed by atoms with Crippen LogP contribution in [0.25, 0.3) is 0 Å². The molecule has 0 unspecified atom stereocenters. The topological polar surface area (TPSA) is 47.0 Å². The summed E-state index contributed by atoms with van der Waals surface area (Å²) < 4.78 is 7.20. The Morgan fingerprint density at radius 2 is 2.06 bits per heavy atom. The summed E-state index contributed by atoms with van der Waals surface area (Å²) in [6.45, 7) is 3.29. The SMILES string of the molecule is CCc1cc(=O)n(CCCOc2ccccc2)[nH]1. The van der Waals surface area contributed by atoms with Gasteiger partial charge in [0.25, 0.3) is 5.56 Å². The summed E-state index contributed by atoms with van der Waals surface area (Å²) in [4.78, 5) is 11.6. The highest BCUT2D eigenvalue weighted by molar-refractivity contribution is 5.20. The molecule has 1 N–H and O–H groups in total. The number of nitrogens with one attached hydrogen (secondary N) is 1. The molecule has 0 radical (unpaired) electrons. The van der Waals surface area contributed by atoms with Crippen LogP contribution in [0.5, 0.6) is 5.75 Å². The van der Waals surface area contributed by atoms with Crippen LogP contribution in [0.1, 0.15) is 19.0 Å². The van der Waals surface area contributed by atoms with Crippen molar-refractivity contribution in [2.75, 3.05) is 6.61 Å². The van der Waals surface area contributed by atoms with Crippen LogP contribution in [0.4, 0.5) is 0 Å². The molecule has 2 aromatic rings. The second kappa shape index (κ2) is 6.10. The first-order chi connectivity index (χ1) is 8.79. The number of hydrogen-bond donors (Lipinski definition) is 1. The van der Waals surface area contributed by atoms with E-state index in [0.717, 1.165) is 24.3 Å². The van der Waals surface area contributed by atoms with Gasteiger partial charge in [-0.25, -0.2) is 0 Å². The quantitative estimate of drug-likeness (QED) is 0.794. The van der Waals surface area contributed by atoms with E-state index in [-0.39, 0.29) is 5.56 Å². The highest BCUT2D eigenvalue weighted by atomic mass is 16.5. The summed E-state index contributed by atoms with van der Waals surface area (Å²) in [7, 11) is 0. The molecule has 4 heteroatoms. The predicted octanol–water partition coefficient (Wildman–Crippen LogP) is 2.21. The minimum absolute atomic E-state index is 0.0339. The van der Waals surface area contributed by atoms with Crippen molar-refractivity contribution in [2.24, 2.45) is 0 Å². The average Bonchev–Trinajstić information content (AvgIpc) is 2.77. The van der Waals surface area contributed by atoms with E-state index >= 15 is 0 Å². The molecule has 4 nitrogen and oxygen atoms in total. The molecule has 0 saturated carbocycles. The number of ether oxygens (including phenoxy) is 1. The Balaban J connectivity index is 1.78. The fraction of sp³-hybridized carbons (Fsp3) is 0.357. The highest BCUT2D eigenvalue weighted by Crippen LogP contribution is 2.08. The number of hydrogen-bond acceptors (Lipinski definition) is 2. The molecule has 0 amide bonds. The van der Waals surface area contributed by atoms with Gasteiger partial charge in [-0.2, -0.15) is 0 Å². The van der Waals surface area contributed by atoms with Crippen molar-refractivity contribution in [3.8, 4) is 5.75 Å². The lowest BCUT2D eigenvalue weighted by Crippen LogP contribution is -2.17. The molecule has 1 aromatic heterocycles. The fourth-order valence-corrected chi connectivity index (χ4v) is 1.76. The van der Waals surface area contributed by atoms with Crippen LogP contribution in [-0.4, -0.2) is 16.4 Å². The molecular formula is C14H18N2O2. The summed E-state index contributed by atoms with van der Waals surface area (Å²) in [5.41, 5.74) is 1.01. The van der Waals surface area contributed by atoms with Gasteiger partial charge in [0.05, 0.1) is 6.61 Å². The third-order valence-electron chi connectivity index (χ3n) is 2.76. The van der Waals surface area contributed by atoms with Gasteiger partial charge < -0.3 is 4.74 Å². The van der Waals surface area contributed by atoms with Crippen LogP contribution in [0.3, 0.4) is 0 Å². The van der Waals surface area contributed by atoms with Crippen molar-refractivity contribution < 1.29 is 4.74 Å². The first-order valence-corrected chi connectivity index (χ1v) is 6.26. The molecule has 96 valence electrons. The second-order valence-corrected chi connectivity index (χ2v) is 4.14. The smallest absolute Gasteiger partial charge is 0.266 e. The lowest BCUT2D eigenvalue weighted by molar-refractivity contribution is 0.297. The number of aromatic nitrogens is 2. The molecule has 0 spiro atoms. The fourth-order valence-electron chi connectivity index (χ4n) is 1.76. The van der Waals surface area contributed by atoms with Crippen LogP contribution in [0, 0.1) is 0 Å². The molecule has 2 rings (SSSR count). The Morgan fingerprint density at radius 3 is 2.72 bits per heavy atom. The predicted molar refractivity (Wildman–Crippen MR) is 71.0 cm³/mol. The van der Waals surface area contributed by atoms with Gasteiger partial charge in [-0.05, 0) is 18.6 Å². The van der Waals surface area contributed by atoms with Crippen LogP contribution < -0.4 is 10.3 Å². The Labute approximate surface area is 106 Å². The van der Waals surface area contributed by atoms with E-state index in [2.05, 4.69) is 5.10 Å². The highest BCUT2D eigenvalue weighted by Gasteiger charge is 2.01. The van der Waals surface area contributed by atoms with E-state index in [9.17, 15) is 4.79 Å². The van der Waals surface area contributed by atoms with Gasteiger partial charge in [0.1, 0.15) is 5.75 Å². The summed E-state index contributed by atoms with van der Waals surface area (Å²) in [6, 6.07) is 11.3. The maximum Gasteiger partial charge on any atom is 0.266 e. The lowest BCUT2D eigenvalue weighted by Gasteiger charge is -2.06. The largest absolute Gasteiger partial charge is 0.494 e. The lowest BCUT2D eigenvalue weighted by atomic mass is 10.3. The Kier molecular flexibility index (Phi) is 4.23. The molecular weight excluding hydrogens is 228 g/mol. The summed E-state index contributed by atoms with van der Waals surface area (Å²) in [5, 5.41) is 3.08. The van der Waals surface area contributed by atoms with Crippen molar-refractivity contribution >= 4 is 0 Å². The third kappa shape index (κ3) is 3.26. The minimum atomic E-state index is 0.0339.